The van der Waals surface area contributed by atoms with Gasteiger partial charge in [-0.05, 0) is 36.8 Å². The summed E-state index contributed by atoms with van der Waals surface area (Å²) in [6, 6.07) is 5.25. The lowest BCUT2D eigenvalue weighted by atomic mass is 9.82. The Kier molecular flexibility index (Phi) is 2.94. The molecule has 1 saturated carbocycles. The summed E-state index contributed by atoms with van der Waals surface area (Å²) in [4.78, 5) is 18.4. The predicted molar refractivity (Wildman–Crippen MR) is 70.0 cm³/mol. The molecule has 0 radical (unpaired) electrons. The van der Waals surface area contributed by atoms with Crippen LogP contribution in [0.4, 0.5) is 5.82 Å². The maximum Gasteiger partial charge on any atom is 0.272 e. The fourth-order valence-electron chi connectivity index (χ4n) is 3.30. The topological polar surface area (TPSA) is 59.2 Å². The lowest BCUT2D eigenvalue weighted by Crippen LogP contribution is -2.29. The van der Waals surface area contributed by atoms with E-state index in [9.17, 15) is 4.79 Å². The summed E-state index contributed by atoms with van der Waals surface area (Å²) in [5, 5.41) is 0. The van der Waals surface area contributed by atoms with Crippen molar-refractivity contribution in [2.45, 2.75) is 25.7 Å². The van der Waals surface area contributed by atoms with Crippen LogP contribution in [0.3, 0.4) is 0 Å². The van der Waals surface area contributed by atoms with E-state index in [2.05, 4.69) is 4.98 Å². The molecule has 4 heteroatoms. The van der Waals surface area contributed by atoms with Crippen molar-refractivity contribution >= 4 is 11.7 Å². The lowest BCUT2D eigenvalue weighted by molar-refractivity contribution is 0.0778. The van der Waals surface area contributed by atoms with E-state index in [0.717, 1.165) is 13.1 Å². The summed E-state index contributed by atoms with van der Waals surface area (Å²) < 4.78 is 0. The number of aromatic nitrogens is 1. The quantitative estimate of drug-likeness (QED) is 0.822. The molecular weight excluding hydrogens is 226 g/mol. The second-order valence-electron chi connectivity index (χ2n) is 5.46. The first kappa shape index (κ1) is 11.5. The number of nitrogens with zero attached hydrogens (tertiary/aromatic N) is 2. The molecular formula is C14H19N3O. The molecule has 1 amide bonds. The van der Waals surface area contributed by atoms with Gasteiger partial charge in [-0.25, -0.2) is 4.98 Å². The summed E-state index contributed by atoms with van der Waals surface area (Å²) in [7, 11) is 0. The van der Waals surface area contributed by atoms with Gasteiger partial charge in [0, 0.05) is 13.1 Å². The van der Waals surface area contributed by atoms with Crippen LogP contribution < -0.4 is 5.73 Å². The van der Waals surface area contributed by atoms with Gasteiger partial charge in [-0.1, -0.05) is 18.9 Å². The highest BCUT2D eigenvalue weighted by molar-refractivity contribution is 5.92. The van der Waals surface area contributed by atoms with E-state index in [4.69, 9.17) is 5.73 Å². The third kappa shape index (κ3) is 2.07. The van der Waals surface area contributed by atoms with Crippen molar-refractivity contribution in [3.63, 3.8) is 0 Å². The van der Waals surface area contributed by atoms with Crippen molar-refractivity contribution in [2.24, 2.45) is 11.8 Å². The molecule has 1 aromatic rings. The van der Waals surface area contributed by atoms with Crippen molar-refractivity contribution in [2.75, 3.05) is 18.8 Å². The summed E-state index contributed by atoms with van der Waals surface area (Å²) in [6.07, 6.45) is 5.19. The van der Waals surface area contributed by atoms with E-state index in [1.165, 1.54) is 25.7 Å². The molecule has 2 atom stereocenters. The van der Waals surface area contributed by atoms with Crippen molar-refractivity contribution in [3.05, 3.63) is 23.9 Å². The van der Waals surface area contributed by atoms with Crippen LogP contribution in [0.25, 0.3) is 0 Å². The van der Waals surface area contributed by atoms with Crippen molar-refractivity contribution in [1.29, 1.82) is 0 Å². The summed E-state index contributed by atoms with van der Waals surface area (Å²) in [5.74, 6) is 1.88. The average Bonchev–Trinajstić information content (AvgIpc) is 2.81. The third-order valence-electron chi connectivity index (χ3n) is 4.25. The molecule has 0 spiro atoms. The molecule has 1 aromatic heterocycles. The first-order valence-corrected chi connectivity index (χ1v) is 6.76. The second-order valence-corrected chi connectivity index (χ2v) is 5.46. The van der Waals surface area contributed by atoms with Gasteiger partial charge in [-0.3, -0.25) is 4.79 Å². The van der Waals surface area contributed by atoms with E-state index in [-0.39, 0.29) is 5.91 Å². The summed E-state index contributed by atoms with van der Waals surface area (Å²) in [6.45, 7) is 1.81. The number of anilines is 1. The van der Waals surface area contributed by atoms with Gasteiger partial charge in [-0.15, -0.1) is 0 Å². The maximum atomic E-state index is 12.4. The van der Waals surface area contributed by atoms with Gasteiger partial charge in [0.2, 0.25) is 0 Å². The number of hydrogen-bond acceptors (Lipinski definition) is 3. The average molecular weight is 245 g/mol. The minimum Gasteiger partial charge on any atom is -0.384 e. The Morgan fingerprint density at radius 3 is 2.50 bits per heavy atom. The monoisotopic (exact) mass is 245 g/mol. The molecule has 18 heavy (non-hydrogen) atoms. The molecule has 2 unspecified atom stereocenters. The number of likely N-dealkylation sites (tertiary alicyclic amines) is 1. The van der Waals surface area contributed by atoms with Gasteiger partial charge in [0.15, 0.2) is 0 Å². The minimum absolute atomic E-state index is 0.0386. The molecule has 2 heterocycles. The molecule has 1 saturated heterocycles. The fraction of sp³-hybridized carbons (Fsp3) is 0.571. The van der Waals surface area contributed by atoms with Crippen LogP contribution in [-0.2, 0) is 0 Å². The molecule has 3 rings (SSSR count). The van der Waals surface area contributed by atoms with Crippen LogP contribution in [-0.4, -0.2) is 28.9 Å². The number of carbonyl (C=O) groups excluding carboxylic acids is 1. The number of carbonyl (C=O) groups is 1. The third-order valence-corrected chi connectivity index (χ3v) is 4.25. The fourth-order valence-corrected chi connectivity index (χ4v) is 3.30. The normalized spacial score (nSPS) is 27.0. The van der Waals surface area contributed by atoms with Gasteiger partial charge in [-0.2, -0.15) is 0 Å². The molecule has 1 aliphatic heterocycles. The number of nitrogens with two attached hydrogens (primary N) is 1. The SMILES string of the molecule is Nc1cccc(C(=O)N2CC3CCCCC3C2)n1. The largest absolute Gasteiger partial charge is 0.384 e. The molecule has 1 aliphatic carbocycles. The van der Waals surface area contributed by atoms with Crippen molar-refractivity contribution in [1.82, 2.24) is 9.88 Å². The van der Waals surface area contributed by atoms with Gasteiger partial charge in [0.05, 0.1) is 0 Å². The smallest absolute Gasteiger partial charge is 0.272 e. The van der Waals surface area contributed by atoms with Gasteiger partial charge in [0.25, 0.3) is 5.91 Å². The Hall–Kier alpha value is -1.58. The molecule has 0 aromatic carbocycles. The van der Waals surface area contributed by atoms with Gasteiger partial charge in [0.1, 0.15) is 11.5 Å². The van der Waals surface area contributed by atoms with Gasteiger partial charge >= 0.3 is 0 Å². The Balaban J connectivity index is 1.74. The van der Waals surface area contributed by atoms with Crippen LogP contribution in [0.2, 0.25) is 0 Å². The zero-order valence-corrected chi connectivity index (χ0v) is 10.5. The Bertz CT molecular complexity index is 446. The number of amides is 1. The Morgan fingerprint density at radius 2 is 1.89 bits per heavy atom. The molecule has 4 nitrogen and oxygen atoms in total. The maximum absolute atomic E-state index is 12.4. The molecule has 2 aliphatic rings. The van der Waals surface area contributed by atoms with Gasteiger partial charge < -0.3 is 10.6 Å². The number of fused-ring (bicyclic) bond motifs is 1. The van der Waals surface area contributed by atoms with E-state index in [1.807, 2.05) is 4.90 Å². The number of nitrogen functional groups attached to an aromatic ring is 1. The zero-order valence-electron chi connectivity index (χ0n) is 10.5. The standard InChI is InChI=1S/C14H19N3O/c15-13-7-3-6-12(16-13)14(18)17-8-10-4-1-2-5-11(10)9-17/h3,6-7,10-11H,1-2,4-5,8-9H2,(H2,15,16). The number of pyridine rings is 1. The first-order valence-electron chi connectivity index (χ1n) is 6.76. The zero-order chi connectivity index (χ0) is 12.5. The first-order chi connectivity index (χ1) is 8.74. The number of hydrogen-bond donors (Lipinski definition) is 1. The van der Waals surface area contributed by atoms with Crippen LogP contribution >= 0.6 is 0 Å². The highest BCUT2D eigenvalue weighted by atomic mass is 16.2. The second kappa shape index (κ2) is 4.59. The number of rotatable bonds is 1. The van der Waals surface area contributed by atoms with Crippen LogP contribution in [0.15, 0.2) is 18.2 Å². The Morgan fingerprint density at radius 1 is 1.22 bits per heavy atom. The van der Waals surface area contributed by atoms with Crippen molar-refractivity contribution in [3.8, 4) is 0 Å². The van der Waals surface area contributed by atoms with Crippen LogP contribution in [0.5, 0.6) is 0 Å². The Labute approximate surface area is 107 Å². The van der Waals surface area contributed by atoms with E-state index >= 15 is 0 Å². The molecule has 96 valence electrons. The minimum atomic E-state index is 0.0386. The van der Waals surface area contributed by atoms with E-state index in [1.54, 1.807) is 18.2 Å². The lowest BCUT2D eigenvalue weighted by Gasteiger charge is -2.22. The molecule has 0 bridgehead atoms. The van der Waals surface area contributed by atoms with E-state index in [0.29, 0.717) is 23.3 Å². The molecule has 2 N–H and O–H groups in total. The highest BCUT2D eigenvalue weighted by Gasteiger charge is 2.36. The van der Waals surface area contributed by atoms with E-state index < -0.39 is 0 Å². The summed E-state index contributed by atoms with van der Waals surface area (Å²) >= 11 is 0. The summed E-state index contributed by atoms with van der Waals surface area (Å²) in [5.41, 5.74) is 6.11. The highest BCUT2D eigenvalue weighted by Crippen LogP contribution is 2.36. The van der Waals surface area contributed by atoms with Crippen LogP contribution in [0.1, 0.15) is 36.2 Å². The predicted octanol–water partition coefficient (Wildman–Crippen LogP) is 1.93. The van der Waals surface area contributed by atoms with Crippen LogP contribution in [0, 0.1) is 11.8 Å². The molecule has 2 fully saturated rings. The van der Waals surface area contributed by atoms with Crippen molar-refractivity contribution < 1.29 is 4.79 Å².